The first-order valence-corrected chi connectivity index (χ1v) is 6.14. The third-order valence-corrected chi connectivity index (χ3v) is 3.91. The highest BCUT2D eigenvalue weighted by Gasteiger charge is 2.40. The molecule has 0 N–H and O–H groups in total. The van der Waals surface area contributed by atoms with E-state index in [-0.39, 0.29) is 30.2 Å². The molecule has 0 aromatic heterocycles. The first kappa shape index (κ1) is 13.4. The maximum atomic E-state index is 13.5. The summed E-state index contributed by atoms with van der Waals surface area (Å²) < 4.78 is 53.1. The summed E-state index contributed by atoms with van der Waals surface area (Å²) in [4.78, 5) is 0. The molecule has 0 bridgehead atoms. The second-order valence-electron chi connectivity index (χ2n) is 5.26. The van der Waals surface area contributed by atoms with Gasteiger partial charge >= 0.3 is 0 Å². The van der Waals surface area contributed by atoms with Crippen molar-refractivity contribution in [3.63, 3.8) is 0 Å². The molecule has 0 aliphatic heterocycles. The smallest absolute Gasteiger partial charge is 0.207 e. The van der Waals surface area contributed by atoms with Crippen LogP contribution in [0.4, 0.5) is 17.6 Å². The zero-order valence-electron chi connectivity index (χ0n) is 10.4. The molecular weight excluding hydrogens is 244 g/mol. The molecular formula is C14H16F4. The van der Waals surface area contributed by atoms with E-state index in [1.807, 2.05) is 0 Å². The average Bonchev–Trinajstić information content (AvgIpc) is 2.27. The van der Waals surface area contributed by atoms with Crippen LogP contribution in [0.25, 0.3) is 0 Å². The Hall–Kier alpha value is -1.06. The van der Waals surface area contributed by atoms with Crippen molar-refractivity contribution in [1.82, 2.24) is 0 Å². The Morgan fingerprint density at radius 1 is 1.22 bits per heavy atom. The van der Waals surface area contributed by atoms with E-state index in [2.05, 4.69) is 0 Å². The normalized spacial score (nSPS) is 27.2. The molecule has 0 radical (unpaired) electrons. The summed E-state index contributed by atoms with van der Waals surface area (Å²) in [5, 5.41) is 0. The predicted molar refractivity (Wildman–Crippen MR) is 61.8 cm³/mol. The predicted octanol–water partition coefficient (Wildman–Crippen LogP) is 4.81. The highest BCUT2D eigenvalue weighted by atomic mass is 19.3. The summed E-state index contributed by atoms with van der Waals surface area (Å²) in [6.45, 7) is 3.26. The van der Waals surface area contributed by atoms with Crippen LogP contribution in [0.1, 0.15) is 43.2 Å². The van der Waals surface area contributed by atoms with Gasteiger partial charge in [-0.1, -0.05) is 13.0 Å². The van der Waals surface area contributed by atoms with Crippen LogP contribution in [-0.2, 0) is 0 Å². The van der Waals surface area contributed by atoms with Gasteiger partial charge in [0.2, 0.25) is 5.92 Å². The lowest BCUT2D eigenvalue weighted by atomic mass is 9.74. The number of halogens is 4. The summed E-state index contributed by atoms with van der Waals surface area (Å²) in [7, 11) is 0. The molecule has 1 fully saturated rings. The van der Waals surface area contributed by atoms with Crippen molar-refractivity contribution < 1.29 is 17.6 Å². The zero-order chi connectivity index (χ0) is 13.5. The lowest BCUT2D eigenvalue weighted by Crippen LogP contribution is -2.30. The van der Waals surface area contributed by atoms with E-state index in [9.17, 15) is 17.6 Å². The van der Waals surface area contributed by atoms with E-state index in [0.717, 1.165) is 6.07 Å². The number of rotatable bonds is 1. The van der Waals surface area contributed by atoms with E-state index in [0.29, 0.717) is 12.0 Å². The Morgan fingerprint density at radius 3 is 2.50 bits per heavy atom. The SMILES string of the molecule is Cc1c([C@@H]2CCC(F)(F)CC2C)ccc(F)c1F. The summed E-state index contributed by atoms with van der Waals surface area (Å²) in [5.74, 6) is -4.71. The zero-order valence-corrected chi connectivity index (χ0v) is 10.4. The maximum Gasteiger partial charge on any atom is 0.248 e. The molecule has 0 heterocycles. The molecule has 0 spiro atoms. The Balaban J connectivity index is 2.31. The van der Waals surface area contributed by atoms with Gasteiger partial charge in [0.15, 0.2) is 11.6 Å². The van der Waals surface area contributed by atoms with Gasteiger partial charge in [-0.2, -0.15) is 0 Å². The third-order valence-electron chi connectivity index (χ3n) is 3.91. The van der Waals surface area contributed by atoms with E-state index in [4.69, 9.17) is 0 Å². The molecule has 18 heavy (non-hydrogen) atoms. The highest BCUT2D eigenvalue weighted by molar-refractivity contribution is 5.32. The van der Waals surface area contributed by atoms with Crippen molar-refractivity contribution in [1.29, 1.82) is 0 Å². The van der Waals surface area contributed by atoms with Gasteiger partial charge in [0.1, 0.15) is 0 Å². The Morgan fingerprint density at radius 2 is 1.89 bits per heavy atom. The Bertz CT molecular complexity index is 453. The quantitative estimate of drug-likeness (QED) is 0.635. The molecule has 1 aromatic rings. The second kappa shape index (κ2) is 4.56. The second-order valence-corrected chi connectivity index (χ2v) is 5.26. The summed E-state index contributed by atoms with van der Waals surface area (Å²) in [6, 6.07) is 2.61. The largest absolute Gasteiger partial charge is 0.248 e. The van der Waals surface area contributed by atoms with Crippen LogP contribution in [0, 0.1) is 24.5 Å². The monoisotopic (exact) mass is 260 g/mol. The van der Waals surface area contributed by atoms with Crippen molar-refractivity contribution in [2.75, 3.05) is 0 Å². The van der Waals surface area contributed by atoms with Crippen molar-refractivity contribution in [3.8, 4) is 0 Å². The van der Waals surface area contributed by atoms with Crippen LogP contribution in [0.5, 0.6) is 0 Å². The van der Waals surface area contributed by atoms with Crippen LogP contribution >= 0.6 is 0 Å². The first-order chi connectivity index (χ1) is 8.32. The van der Waals surface area contributed by atoms with Crippen LogP contribution in [0.2, 0.25) is 0 Å². The van der Waals surface area contributed by atoms with Crippen LogP contribution in [0.3, 0.4) is 0 Å². The number of hydrogen-bond acceptors (Lipinski definition) is 0. The first-order valence-electron chi connectivity index (χ1n) is 6.14. The third kappa shape index (κ3) is 2.38. The van der Waals surface area contributed by atoms with E-state index in [1.54, 1.807) is 6.92 Å². The van der Waals surface area contributed by atoms with E-state index in [1.165, 1.54) is 13.0 Å². The molecule has 0 saturated heterocycles. The molecule has 1 unspecified atom stereocenters. The fourth-order valence-electron chi connectivity index (χ4n) is 2.90. The molecule has 0 amide bonds. The van der Waals surface area contributed by atoms with Gasteiger partial charge in [-0.3, -0.25) is 0 Å². The van der Waals surface area contributed by atoms with Gasteiger partial charge < -0.3 is 0 Å². The fourth-order valence-corrected chi connectivity index (χ4v) is 2.90. The van der Waals surface area contributed by atoms with Crippen molar-refractivity contribution in [2.24, 2.45) is 5.92 Å². The molecule has 4 heteroatoms. The van der Waals surface area contributed by atoms with Gasteiger partial charge in [-0.25, -0.2) is 17.6 Å². The minimum atomic E-state index is -2.62. The van der Waals surface area contributed by atoms with Crippen LogP contribution in [-0.4, -0.2) is 5.92 Å². The fraction of sp³-hybridized carbons (Fsp3) is 0.571. The van der Waals surface area contributed by atoms with Crippen molar-refractivity contribution in [2.45, 2.75) is 45.0 Å². The molecule has 2 atom stereocenters. The minimum Gasteiger partial charge on any atom is -0.207 e. The summed E-state index contributed by atoms with van der Waals surface area (Å²) in [6.07, 6.45) is -0.0450. The molecule has 100 valence electrons. The average molecular weight is 260 g/mol. The Labute approximate surface area is 104 Å². The molecule has 1 aliphatic carbocycles. The van der Waals surface area contributed by atoms with Gasteiger partial charge in [0.05, 0.1) is 0 Å². The topological polar surface area (TPSA) is 0 Å². The maximum absolute atomic E-state index is 13.5. The van der Waals surface area contributed by atoms with Gasteiger partial charge in [0, 0.05) is 12.8 Å². The molecule has 1 aliphatic rings. The lowest BCUT2D eigenvalue weighted by Gasteiger charge is -2.35. The van der Waals surface area contributed by atoms with E-state index < -0.39 is 17.6 Å². The minimum absolute atomic E-state index is 0.111. The molecule has 1 aromatic carbocycles. The number of hydrogen-bond donors (Lipinski definition) is 0. The van der Waals surface area contributed by atoms with E-state index >= 15 is 0 Å². The molecule has 1 saturated carbocycles. The lowest BCUT2D eigenvalue weighted by molar-refractivity contribution is -0.0556. The number of alkyl halides is 2. The highest BCUT2D eigenvalue weighted by Crippen LogP contribution is 2.45. The van der Waals surface area contributed by atoms with Crippen LogP contribution < -0.4 is 0 Å². The van der Waals surface area contributed by atoms with Crippen molar-refractivity contribution >= 4 is 0 Å². The summed E-state index contributed by atoms with van der Waals surface area (Å²) >= 11 is 0. The van der Waals surface area contributed by atoms with Gasteiger partial charge in [-0.15, -0.1) is 0 Å². The molecule has 2 rings (SSSR count). The standard InChI is InChI=1S/C14H16F4/c1-8-7-14(17,18)6-5-10(8)11-3-4-12(15)13(16)9(11)2/h3-4,8,10H,5-7H2,1-2H3/t8?,10-/m1/s1. The van der Waals surface area contributed by atoms with Crippen LogP contribution in [0.15, 0.2) is 12.1 Å². The summed E-state index contributed by atoms with van der Waals surface area (Å²) in [5.41, 5.74) is 0.911. The van der Waals surface area contributed by atoms with Crippen molar-refractivity contribution in [3.05, 3.63) is 34.9 Å². The van der Waals surface area contributed by atoms with Gasteiger partial charge in [-0.05, 0) is 42.4 Å². The van der Waals surface area contributed by atoms with Gasteiger partial charge in [0.25, 0.3) is 0 Å². The Kier molecular flexibility index (Phi) is 3.39. The number of benzene rings is 1. The molecule has 0 nitrogen and oxygen atoms in total.